The van der Waals surface area contributed by atoms with E-state index >= 15 is 0 Å². The van der Waals surface area contributed by atoms with Gasteiger partial charge in [-0.05, 0) is 55.1 Å². The third kappa shape index (κ3) is 2.36. The Morgan fingerprint density at radius 1 is 1.40 bits per heavy atom. The maximum atomic E-state index is 10.8. The van der Waals surface area contributed by atoms with E-state index in [4.69, 9.17) is 0 Å². The summed E-state index contributed by atoms with van der Waals surface area (Å²) in [4.78, 5) is 0. The Labute approximate surface area is 121 Å². The quantitative estimate of drug-likeness (QED) is 0.884. The molecule has 0 aliphatic heterocycles. The summed E-state index contributed by atoms with van der Waals surface area (Å²) >= 11 is 0. The molecular formula is C18H23NO. The van der Waals surface area contributed by atoms with Crippen LogP contribution in [0.25, 0.3) is 0 Å². The van der Waals surface area contributed by atoms with Crippen molar-refractivity contribution in [3.05, 3.63) is 35.4 Å². The number of hydrogen-bond acceptors (Lipinski definition) is 2. The summed E-state index contributed by atoms with van der Waals surface area (Å²) in [6.45, 7) is 2.18. The van der Waals surface area contributed by atoms with E-state index < -0.39 is 11.5 Å². The number of benzene rings is 1. The van der Waals surface area contributed by atoms with Gasteiger partial charge in [-0.2, -0.15) is 5.26 Å². The molecule has 2 aliphatic rings. The first-order chi connectivity index (χ1) is 9.68. The van der Waals surface area contributed by atoms with Crippen molar-refractivity contribution >= 4 is 0 Å². The molecule has 3 unspecified atom stereocenters. The van der Waals surface area contributed by atoms with Gasteiger partial charge in [-0.15, -0.1) is 0 Å². The molecule has 20 heavy (non-hydrogen) atoms. The Hall–Kier alpha value is -1.33. The van der Waals surface area contributed by atoms with E-state index in [1.54, 1.807) is 0 Å². The maximum Gasteiger partial charge on any atom is 0.0976 e. The highest BCUT2D eigenvalue weighted by Gasteiger charge is 2.45. The summed E-state index contributed by atoms with van der Waals surface area (Å²) in [7, 11) is 0. The van der Waals surface area contributed by atoms with Gasteiger partial charge in [0.15, 0.2) is 0 Å². The SMILES string of the molecule is CCC1CCC(C#N)(C(O)c2cccc(C3CC3)c2)C1. The molecule has 1 aromatic rings. The van der Waals surface area contributed by atoms with Gasteiger partial charge in [-0.1, -0.05) is 37.6 Å². The van der Waals surface area contributed by atoms with E-state index in [-0.39, 0.29) is 0 Å². The summed E-state index contributed by atoms with van der Waals surface area (Å²) in [5.74, 6) is 1.28. The van der Waals surface area contributed by atoms with Gasteiger partial charge in [-0.3, -0.25) is 0 Å². The average molecular weight is 269 g/mol. The summed E-state index contributed by atoms with van der Waals surface area (Å²) in [6, 6.07) is 10.7. The summed E-state index contributed by atoms with van der Waals surface area (Å²) in [6.07, 6.45) is 5.75. The molecule has 0 aromatic heterocycles. The van der Waals surface area contributed by atoms with Crippen LogP contribution in [0.3, 0.4) is 0 Å². The van der Waals surface area contributed by atoms with Gasteiger partial charge >= 0.3 is 0 Å². The molecule has 0 bridgehead atoms. The van der Waals surface area contributed by atoms with Gasteiger partial charge in [0, 0.05) is 0 Å². The topological polar surface area (TPSA) is 44.0 Å². The molecule has 1 aromatic carbocycles. The predicted molar refractivity (Wildman–Crippen MR) is 79.1 cm³/mol. The van der Waals surface area contributed by atoms with Crippen molar-refractivity contribution in [3.63, 3.8) is 0 Å². The minimum atomic E-state index is -0.636. The number of aliphatic hydroxyl groups excluding tert-OH is 1. The Bertz CT molecular complexity index is 528. The first kappa shape index (κ1) is 13.6. The van der Waals surface area contributed by atoms with Gasteiger partial charge in [0.2, 0.25) is 0 Å². The highest BCUT2D eigenvalue weighted by atomic mass is 16.3. The zero-order chi connectivity index (χ0) is 14.2. The molecule has 3 atom stereocenters. The normalized spacial score (nSPS) is 30.9. The fraction of sp³-hybridized carbons (Fsp3) is 0.611. The van der Waals surface area contributed by atoms with Crippen molar-refractivity contribution in [2.24, 2.45) is 11.3 Å². The molecule has 2 nitrogen and oxygen atoms in total. The third-order valence-corrected chi connectivity index (χ3v) is 5.25. The van der Waals surface area contributed by atoms with Crippen LogP contribution < -0.4 is 0 Å². The second-order valence-electron chi connectivity index (χ2n) is 6.63. The molecule has 2 fully saturated rings. The highest BCUT2D eigenvalue weighted by molar-refractivity contribution is 5.32. The van der Waals surface area contributed by atoms with Crippen LogP contribution in [0.2, 0.25) is 0 Å². The monoisotopic (exact) mass is 269 g/mol. The standard InChI is InChI=1S/C18H23NO/c1-2-13-8-9-18(11-13,12-19)17(20)16-5-3-4-15(10-16)14-6-7-14/h3-5,10,13-14,17,20H,2,6-9,11H2,1H3. The summed E-state index contributed by atoms with van der Waals surface area (Å²) in [5, 5.41) is 20.4. The Morgan fingerprint density at radius 2 is 2.20 bits per heavy atom. The molecule has 1 N–H and O–H groups in total. The third-order valence-electron chi connectivity index (χ3n) is 5.25. The van der Waals surface area contributed by atoms with E-state index in [2.05, 4.69) is 25.1 Å². The van der Waals surface area contributed by atoms with Crippen molar-refractivity contribution < 1.29 is 5.11 Å². The first-order valence-corrected chi connectivity index (χ1v) is 7.87. The van der Waals surface area contributed by atoms with Crippen molar-refractivity contribution in [1.29, 1.82) is 5.26 Å². The van der Waals surface area contributed by atoms with Gasteiger partial charge in [-0.25, -0.2) is 0 Å². The molecule has 0 spiro atoms. The van der Waals surface area contributed by atoms with Crippen LogP contribution in [0.5, 0.6) is 0 Å². The number of rotatable bonds is 4. The average Bonchev–Trinajstić information content (AvgIpc) is 3.26. The molecular weight excluding hydrogens is 246 g/mol. The Morgan fingerprint density at radius 3 is 2.80 bits per heavy atom. The first-order valence-electron chi connectivity index (χ1n) is 7.87. The molecule has 2 heteroatoms. The zero-order valence-corrected chi connectivity index (χ0v) is 12.2. The largest absolute Gasteiger partial charge is 0.387 e. The molecule has 106 valence electrons. The van der Waals surface area contributed by atoms with Crippen molar-refractivity contribution in [2.75, 3.05) is 0 Å². The lowest BCUT2D eigenvalue weighted by Crippen LogP contribution is -2.24. The molecule has 3 rings (SSSR count). The smallest absolute Gasteiger partial charge is 0.0976 e. The number of aliphatic hydroxyl groups is 1. The van der Waals surface area contributed by atoms with Crippen LogP contribution in [-0.4, -0.2) is 5.11 Å². The predicted octanol–water partition coefficient (Wildman–Crippen LogP) is 4.32. The van der Waals surface area contributed by atoms with Crippen LogP contribution >= 0.6 is 0 Å². The molecule has 0 radical (unpaired) electrons. The van der Waals surface area contributed by atoms with Crippen molar-refractivity contribution in [1.82, 2.24) is 0 Å². The Balaban J connectivity index is 1.85. The van der Waals surface area contributed by atoms with E-state index in [9.17, 15) is 10.4 Å². The van der Waals surface area contributed by atoms with E-state index in [1.165, 1.54) is 18.4 Å². The second-order valence-corrected chi connectivity index (χ2v) is 6.63. The minimum absolute atomic E-state index is 0.567. The zero-order valence-electron chi connectivity index (χ0n) is 12.2. The van der Waals surface area contributed by atoms with Gasteiger partial charge in [0.1, 0.15) is 0 Å². The van der Waals surface area contributed by atoms with Crippen LogP contribution in [0, 0.1) is 22.7 Å². The highest BCUT2D eigenvalue weighted by Crippen LogP contribution is 2.51. The van der Waals surface area contributed by atoms with Crippen LogP contribution in [0.15, 0.2) is 24.3 Å². The number of nitrogens with zero attached hydrogens (tertiary/aromatic N) is 1. The summed E-state index contributed by atoms with van der Waals surface area (Å²) in [5.41, 5.74) is 1.70. The maximum absolute atomic E-state index is 10.8. The number of nitriles is 1. The van der Waals surface area contributed by atoms with Crippen molar-refractivity contribution in [3.8, 4) is 6.07 Å². The van der Waals surface area contributed by atoms with E-state index in [0.717, 1.165) is 31.2 Å². The molecule has 0 heterocycles. The fourth-order valence-electron chi connectivity index (χ4n) is 3.66. The lowest BCUT2D eigenvalue weighted by atomic mass is 9.77. The van der Waals surface area contributed by atoms with Crippen LogP contribution in [0.1, 0.15) is 68.6 Å². The lowest BCUT2D eigenvalue weighted by molar-refractivity contribution is 0.0640. The molecule has 0 amide bonds. The van der Waals surface area contributed by atoms with Crippen LogP contribution in [-0.2, 0) is 0 Å². The van der Waals surface area contributed by atoms with Gasteiger partial charge in [0.05, 0.1) is 17.6 Å². The van der Waals surface area contributed by atoms with E-state index in [0.29, 0.717) is 11.8 Å². The molecule has 2 aliphatic carbocycles. The minimum Gasteiger partial charge on any atom is -0.387 e. The number of hydrogen-bond donors (Lipinski definition) is 1. The molecule has 0 saturated heterocycles. The van der Waals surface area contributed by atoms with E-state index in [1.807, 2.05) is 12.1 Å². The Kier molecular flexibility index (Phi) is 3.56. The summed E-state index contributed by atoms with van der Waals surface area (Å²) < 4.78 is 0. The van der Waals surface area contributed by atoms with Gasteiger partial charge < -0.3 is 5.11 Å². The van der Waals surface area contributed by atoms with Gasteiger partial charge in [0.25, 0.3) is 0 Å². The van der Waals surface area contributed by atoms with Crippen LogP contribution in [0.4, 0.5) is 0 Å². The molecule has 2 saturated carbocycles. The lowest BCUT2D eigenvalue weighted by Gasteiger charge is -2.28. The fourth-order valence-corrected chi connectivity index (χ4v) is 3.66. The van der Waals surface area contributed by atoms with Crippen molar-refractivity contribution in [2.45, 2.75) is 57.5 Å². The second kappa shape index (κ2) is 5.22.